The molecule has 0 aromatic heterocycles. The molecular weight excluding hydrogens is 352 g/mol. The molecule has 0 spiro atoms. The lowest BCUT2D eigenvalue weighted by Crippen LogP contribution is -2.42. The number of halogens is 2. The van der Waals surface area contributed by atoms with Gasteiger partial charge in [-0.05, 0) is 24.0 Å². The van der Waals surface area contributed by atoms with Crippen LogP contribution in [-0.2, 0) is 15.8 Å². The Morgan fingerprint density at radius 2 is 1.59 bits per heavy atom. The number of carbonyl (C=O) groups excluding carboxylic acids is 2. The lowest BCUT2D eigenvalue weighted by Gasteiger charge is -2.24. The van der Waals surface area contributed by atoms with E-state index in [0.717, 1.165) is 17.7 Å². The fourth-order valence-corrected chi connectivity index (χ4v) is 2.61. The van der Waals surface area contributed by atoms with Crippen molar-refractivity contribution in [3.8, 4) is 0 Å². The molecular formula is C21H23F2NO3. The number of hydrogen-bond donors (Lipinski definition) is 2. The lowest BCUT2D eigenvalue weighted by atomic mass is 9.86. The maximum atomic E-state index is 13.8. The molecule has 1 atom stereocenters. The molecule has 0 heterocycles. The summed E-state index contributed by atoms with van der Waals surface area (Å²) in [6, 6.07) is 9.46. The molecule has 0 radical (unpaired) electrons. The molecule has 2 N–H and O–H groups in total. The van der Waals surface area contributed by atoms with Gasteiger partial charge in [0.05, 0.1) is 6.54 Å². The van der Waals surface area contributed by atoms with Crippen LogP contribution in [0.1, 0.15) is 49.2 Å². The molecule has 0 aliphatic carbocycles. The van der Waals surface area contributed by atoms with Gasteiger partial charge >= 0.3 is 0 Å². The quantitative estimate of drug-likeness (QED) is 0.621. The predicted molar refractivity (Wildman–Crippen MR) is 98.4 cm³/mol. The Bertz CT molecular complexity index is 853. The van der Waals surface area contributed by atoms with Gasteiger partial charge < -0.3 is 10.4 Å². The second-order valence-electron chi connectivity index (χ2n) is 7.74. The Balaban J connectivity index is 2.07. The second kappa shape index (κ2) is 7.56. The van der Waals surface area contributed by atoms with Gasteiger partial charge in [0, 0.05) is 17.2 Å². The third kappa shape index (κ3) is 4.98. The van der Waals surface area contributed by atoms with Crippen molar-refractivity contribution in [2.75, 3.05) is 6.54 Å². The van der Waals surface area contributed by atoms with Crippen LogP contribution < -0.4 is 5.32 Å². The first-order valence-corrected chi connectivity index (χ1v) is 8.53. The molecule has 1 amide bonds. The molecule has 1 unspecified atom stereocenters. The highest BCUT2D eigenvalue weighted by Crippen LogP contribution is 2.24. The van der Waals surface area contributed by atoms with E-state index in [4.69, 9.17) is 0 Å². The van der Waals surface area contributed by atoms with Gasteiger partial charge in [-0.25, -0.2) is 8.78 Å². The first-order valence-electron chi connectivity index (χ1n) is 8.53. The summed E-state index contributed by atoms with van der Waals surface area (Å²) in [5, 5.41) is 12.7. The van der Waals surface area contributed by atoms with E-state index in [1.165, 1.54) is 6.92 Å². The Morgan fingerprint density at radius 3 is 2.11 bits per heavy atom. The van der Waals surface area contributed by atoms with Crippen LogP contribution in [0.2, 0.25) is 0 Å². The van der Waals surface area contributed by atoms with Crippen LogP contribution in [0, 0.1) is 11.6 Å². The standard InChI is InChI=1S/C21H23F2NO3/c1-20(2,3)14-7-5-13(6-8-14)18(25)19(26)24-12-21(4,27)16-10-9-15(22)11-17(16)23/h5-11,27H,12H2,1-4H3,(H,24,26). The highest BCUT2D eigenvalue weighted by atomic mass is 19.1. The van der Waals surface area contributed by atoms with Gasteiger partial charge in [0.2, 0.25) is 5.78 Å². The van der Waals surface area contributed by atoms with Crippen LogP contribution in [0.15, 0.2) is 42.5 Å². The number of aliphatic hydroxyl groups is 1. The average molecular weight is 375 g/mol. The summed E-state index contributed by atoms with van der Waals surface area (Å²) in [7, 11) is 0. The van der Waals surface area contributed by atoms with Crippen molar-refractivity contribution in [2.45, 2.75) is 38.7 Å². The van der Waals surface area contributed by atoms with Gasteiger partial charge in [0.15, 0.2) is 0 Å². The number of ketones is 1. The van der Waals surface area contributed by atoms with E-state index in [0.29, 0.717) is 6.07 Å². The Kier molecular flexibility index (Phi) is 5.80. The molecule has 0 aliphatic heterocycles. The molecule has 0 aliphatic rings. The van der Waals surface area contributed by atoms with Crippen LogP contribution in [0.5, 0.6) is 0 Å². The molecule has 4 nitrogen and oxygen atoms in total. The minimum absolute atomic E-state index is 0.0816. The van der Waals surface area contributed by atoms with Crippen LogP contribution in [0.3, 0.4) is 0 Å². The van der Waals surface area contributed by atoms with Gasteiger partial charge in [-0.3, -0.25) is 9.59 Å². The molecule has 6 heteroatoms. The van der Waals surface area contributed by atoms with Crippen molar-refractivity contribution in [3.05, 3.63) is 70.8 Å². The molecule has 2 aromatic rings. The number of carbonyl (C=O) groups is 2. The van der Waals surface area contributed by atoms with E-state index < -0.39 is 35.5 Å². The molecule has 2 rings (SSSR count). The summed E-state index contributed by atoms with van der Waals surface area (Å²) in [6.07, 6.45) is 0. The highest BCUT2D eigenvalue weighted by Gasteiger charge is 2.29. The van der Waals surface area contributed by atoms with Crippen LogP contribution in [-0.4, -0.2) is 23.3 Å². The maximum Gasteiger partial charge on any atom is 0.292 e. The Morgan fingerprint density at radius 1 is 1.00 bits per heavy atom. The largest absolute Gasteiger partial charge is 0.383 e. The summed E-state index contributed by atoms with van der Waals surface area (Å²) < 4.78 is 26.9. The van der Waals surface area contributed by atoms with Crippen LogP contribution in [0.4, 0.5) is 8.78 Å². The molecule has 2 aromatic carbocycles. The fourth-order valence-electron chi connectivity index (χ4n) is 2.61. The van der Waals surface area contributed by atoms with E-state index in [2.05, 4.69) is 5.32 Å². The van der Waals surface area contributed by atoms with Crippen molar-refractivity contribution >= 4 is 11.7 Å². The number of benzene rings is 2. The fraction of sp³-hybridized carbons (Fsp3) is 0.333. The first-order chi connectivity index (χ1) is 12.4. The lowest BCUT2D eigenvalue weighted by molar-refractivity contribution is -0.118. The second-order valence-corrected chi connectivity index (χ2v) is 7.74. The van der Waals surface area contributed by atoms with Crippen molar-refractivity contribution < 1.29 is 23.5 Å². The topological polar surface area (TPSA) is 66.4 Å². The van der Waals surface area contributed by atoms with E-state index in [-0.39, 0.29) is 16.5 Å². The zero-order chi connectivity index (χ0) is 20.4. The summed E-state index contributed by atoms with van der Waals surface area (Å²) >= 11 is 0. The molecule has 0 bridgehead atoms. The zero-order valence-corrected chi connectivity index (χ0v) is 15.8. The predicted octanol–water partition coefficient (Wildman–Crippen LogP) is 3.47. The minimum Gasteiger partial charge on any atom is -0.383 e. The smallest absolute Gasteiger partial charge is 0.292 e. The van der Waals surface area contributed by atoms with Crippen molar-refractivity contribution in [2.24, 2.45) is 0 Å². The zero-order valence-electron chi connectivity index (χ0n) is 15.8. The molecule has 0 saturated heterocycles. The van der Waals surface area contributed by atoms with E-state index >= 15 is 0 Å². The summed E-state index contributed by atoms with van der Waals surface area (Å²) in [6.45, 7) is 6.97. The van der Waals surface area contributed by atoms with Gasteiger partial charge in [-0.15, -0.1) is 0 Å². The van der Waals surface area contributed by atoms with Gasteiger partial charge in [0.1, 0.15) is 17.2 Å². The monoisotopic (exact) mass is 375 g/mol. The molecule has 0 fully saturated rings. The normalized spacial score (nSPS) is 13.7. The molecule has 144 valence electrons. The number of hydrogen-bond acceptors (Lipinski definition) is 3. The molecule has 0 saturated carbocycles. The van der Waals surface area contributed by atoms with Crippen molar-refractivity contribution in [3.63, 3.8) is 0 Å². The number of amides is 1. The third-order valence-corrected chi connectivity index (χ3v) is 4.32. The number of Topliss-reactive ketones (excluding diaryl/α,β-unsaturated/α-hetero) is 1. The summed E-state index contributed by atoms with van der Waals surface area (Å²) in [5.41, 5.74) is -0.820. The van der Waals surface area contributed by atoms with Gasteiger partial charge in [-0.1, -0.05) is 51.1 Å². The van der Waals surface area contributed by atoms with E-state index in [9.17, 15) is 23.5 Å². The first kappa shape index (κ1) is 20.7. The highest BCUT2D eigenvalue weighted by molar-refractivity contribution is 6.42. The number of rotatable bonds is 5. The van der Waals surface area contributed by atoms with Crippen molar-refractivity contribution in [1.82, 2.24) is 5.32 Å². The number of nitrogens with one attached hydrogen (secondary N) is 1. The summed E-state index contributed by atoms with van der Waals surface area (Å²) in [4.78, 5) is 24.4. The Hall–Kier alpha value is -2.60. The van der Waals surface area contributed by atoms with Gasteiger partial charge in [0.25, 0.3) is 5.91 Å². The average Bonchev–Trinajstić information content (AvgIpc) is 2.58. The van der Waals surface area contributed by atoms with Gasteiger partial charge in [-0.2, -0.15) is 0 Å². The van der Waals surface area contributed by atoms with E-state index in [1.807, 2.05) is 20.8 Å². The summed E-state index contributed by atoms with van der Waals surface area (Å²) in [5.74, 6) is -3.38. The Labute approximate surface area is 157 Å². The van der Waals surface area contributed by atoms with Crippen molar-refractivity contribution in [1.29, 1.82) is 0 Å². The van der Waals surface area contributed by atoms with E-state index in [1.54, 1.807) is 24.3 Å². The molecule has 27 heavy (non-hydrogen) atoms. The maximum absolute atomic E-state index is 13.8. The third-order valence-electron chi connectivity index (χ3n) is 4.32. The van der Waals surface area contributed by atoms with Crippen LogP contribution >= 0.6 is 0 Å². The van der Waals surface area contributed by atoms with Crippen LogP contribution in [0.25, 0.3) is 0 Å². The minimum atomic E-state index is -1.80. The SMILES string of the molecule is CC(C)(C)c1ccc(C(=O)C(=O)NCC(C)(O)c2ccc(F)cc2F)cc1.